The summed E-state index contributed by atoms with van der Waals surface area (Å²) in [6.07, 6.45) is -10.8. The second-order valence-electron chi connectivity index (χ2n) is 16.5. The van der Waals surface area contributed by atoms with Crippen molar-refractivity contribution in [3.05, 3.63) is 65.5 Å². The number of rotatable bonds is 8. The van der Waals surface area contributed by atoms with E-state index in [9.17, 15) is 43.5 Å². The van der Waals surface area contributed by atoms with E-state index in [4.69, 9.17) is 42.6 Å². The fourth-order valence-corrected chi connectivity index (χ4v) is 9.83. The average Bonchev–Trinajstić information content (AvgIpc) is 3.42. The first kappa shape index (κ1) is 45.6. The highest BCUT2D eigenvalue weighted by molar-refractivity contribution is 5.91. The molecule has 19 nitrogen and oxygen atoms in total. The third kappa shape index (κ3) is 7.43. The number of ether oxygens (including phenoxy) is 9. The summed E-state index contributed by atoms with van der Waals surface area (Å²) in [5, 5.41) is 13.6. The van der Waals surface area contributed by atoms with Crippen molar-refractivity contribution >= 4 is 47.8 Å². The Morgan fingerprint density at radius 3 is 1.92 bits per heavy atom. The van der Waals surface area contributed by atoms with Crippen molar-refractivity contribution in [1.29, 1.82) is 0 Å². The number of pyridine rings is 1. The lowest BCUT2D eigenvalue weighted by molar-refractivity contribution is -0.385. The van der Waals surface area contributed by atoms with Gasteiger partial charge in [0.05, 0.1) is 28.7 Å². The first-order chi connectivity index (χ1) is 29.0. The molecule has 2 aromatic rings. The van der Waals surface area contributed by atoms with Gasteiger partial charge in [0.1, 0.15) is 42.0 Å². The normalized spacial score (nSPS) is 36.0. The van der Waals surface area contributed by atoms with Crippen LogP contribution in [0.5, 0.6) is 0 Å². The Labute approximate surface area is 355 Å². The molecule has 4 aliphatic rings. The van der Waals surface area contributed by atoms with E-state index in [1.54, 1.807) is 13.0 Å². The second kappa shape index (κ2) is 16.7. The zero-order valence-corrected chi connectivity index (χ0v) is 35.6. The number of cyclic esters (lactones) is 1. The van der Waals surface area contributed by atoms with Crippen LogP contribution >= 0.6 is 0 Å². The summed E-state index contributed by atoms with van der Waals surface area (Å²) in [5.74, 6) is -11.8. The van der Waals surface area contributed by atoms with Gasteiger partial charge >= 0.3 is 47.8 Å². The predicted octanol–water partition coefficient (Wildman–Crippen LogP) is 2.33. The highest BCUT2D eigenvalue weighted by atomic mass is 16.7. The average molecular weight is 868 g/mol. The number of esters is 8. The molecule has 0 amide bonds. The Balaban J connectivity index is 1.81. The first-order valence-corrected chi connectivity index (χ1v) is 19.9. The summed E-state index contributed by atoms with van der Waals surface area (Å²) in [5.41, 5.74) is -10.4. The quantitative estimate of drug-likeness (QED) is 0.295. The summed E-state index contributed by atoms with van der Waals surface area (Å²) >= 11 is 0. The van der Waals surface area contributed by atoms with Gasteiger partial charge in [-0.2, -0.15) is 0 Å². The van der Waals surface area contributed by atoms with Crippen LogP contribution in [-0.2, 0) is 71.4 Å². The zero-order valence-electron chi connectivity index (χ0n) is 35.6. The van der Waals surface area contributed by atoms with E-state index in [1.807, 2.05) is 0 Å². The van der Waals surface area contributed by atoms with Crippen molar-refractivity contribution in [3.8, 4) is 0 Å². The van der Waals surface area contributed by atoms with Crippen LogP contribution in [-0.4, -0.2) is 124 Å². The van der Waals surface area contributed by atoms with E-state index >= 15 is 0 Å². The monoisotopic (exact) mass is 867 g/mol. The molecular formula is C43H49NO18. The minimum atomic E-state index is -2.86. The molecule has 2 aliphatic heterocycles. The maximum absolute atomic E-state index is 14.6. The maximum atomic E-state index is 14.6. The molecule has 2 saturated carbocycles. The van der Waals surface area contributed by atoms with Gasteiger partial charge in [0.15, 0.2) is 30.0 Å². The summed E-state index contributed by atoms with van der Waals surface area (Å²) in [7, 11) is 0. The largest absolute Gasteiger partial charge is 0.465 e. The van der Waals surface area contributed by atoms with E-state index in [2.05, 4.69) is 4.98 Å². The predicted molar refractivity (Wildman–Crippen MR) is 205 cm³/mol. The van der Waals surface area contributed by atoms with Crippen LogP contribution in [0.3, 0.4) is 0 Å². The Hall–Kier alpha value is -5.95. The number of carbonyl (C=O) groups excluding carboxylic acids is 8. The Kier molecular flexibility index (Phi) is 12.3. The summed E-state index contributed by atoms with van der Waals surface area (Å²) in [4.78, 5) is 114. The molecule has 3 fully saturated rings. The Morgan fingerprint density at radius 1 is 0.742 bits per heavy atom. The molecule has 4 bridgehead atoms. The smallest absolute Gasteiger partial charge is 0.340 e. The highest BCUT2D eigenvalue weighted by Crippen LogP contribution is 2.70. The molecule has 1 aromatic carbocycles. The Bertz CT molecular complexity index is 2160. The van der Waals surface area contributed by atoms with Gasteiger partial charge in [0.2, 0.25) is 0 Å². The number of hydrogen-bond donors (Lipinski definition) is 1. The van der Waals surface area contributed by atoms with E-state index in [-0.39, 0.29) is 16.8 Å². The van der Waals surface area contributed by atoms with Gasteiger partial charge in [0.25, 0.3) is 0 Å². The SMILES string of the molecule is CC(=O)OC[C@]12[C@H](OC(C)=O)[C@H](OC(C)=O)C3[C@@H](OC(C)=O)[C@@]14O[C@@]3(C)COC(=O)c1cccnc1C(C)C(C)C(=O)O[C@@H]([C@H](OC(C)=O)[C@@H]2OC(=O)c1ccccc1)[C@]4(C)O. The van der Waals surface area contributed by atoms with Crippen molar-refractivity contribution in [1.82, 2.24) is 4.98 Å². The van der Waals surface area contributed by atoms with Gasteiger partial charge in [-0.1, -0.05) is 32.0 Å². The fraction of sp³-hybridized carbons (Fsp3) is 0.558. The number of aliphatic hydroxyl groups is 1. The molecule has 3 unspecified atom stereocenters. The zero-order chi connectivity index (χ0) is 45.7. The molecule has 0 radical (unpaired) electrons. The molecular weight excluding hydrogens is 818 g/mol. The lowest BCUT2D eigenvalue weighted by Gasteiger charge is -2.67. The van der Waals surface area contributed by atoms with Crippen LogP contribution in [0.1, 0.15) is 94.6 Å². The molecule has 3 heterocycles. The van der Waals surface area contributed by atoms with Crippen molar-refractivity contribution in [2.75, 3.05) is 13.2 Å². The third-order valence-corrected chi connectivity index (χ3v) is 12.4. The van der Waals surface area contributed by atoms with E-state index < -0.39 is 138 Å². The topological polar surface area (TPSA) is 253 Å². The number of carbonyl (C=O) groups is 8. The number of aromatic nitrogens is 1. The molecule has 1 saturated heterocycles. The standard InChI is InChI=1S/C43H49NO18/c1-20-21(2)37(50)60-34-32(57-24(5)47)36(61-38(51)27-14-11-10-12-15-27)42(19-54-22(3)45)35(59-26(7)49)31(56-23(4)46)29-33(58-25(6)48)43(42,41(34,9)53)62-40(29,8)18-55-39(52)28-16-13-17-44-30(20)28/h10-17,20-21,29,31-36,53H,18-19H2,1-9H3/t20?,21?,29?,31-,32+,33-,34+,35-,36+,40+,41+,42-,43+/m1/s1. The number of fused-ring (bicyclic) bond motifs is 5. The van der Waals surface area contributed by atoms with E-state index in [0.717, 1.165) is 41.5 Å². The van der Waals surface area contributed by atoms with Crippen molar-refractivity contribution < 1.29 is 86.1 Å². The van der Waals surface area contributed by atoms with Gasteiger partial charge in [0, 0.05) is 46.7 Å². The molecule has 1 aromatic heterocycles. The van der Waals surface area contributed by atoms with E-state index in [0.29, 0.717) is 0 Å². The molecule has 19 heteroatoms. The lowest BCUT2D eigenvalue weighted by Crippen LogP contribution is -2.89. The van der Waals surface area contributed by atoms with Crippen LogP contribution in [0.2, 0.25) is 0 Å². The van der Waals surface area contributed by atoms with Crippen molar-refractivity contribution in [3.63, 3.8) is 0 Å². The Morgan fingerprint density at radius 2 is 1.32 bits per heavy atom. The third-order valence-electron chi connectivity index (χ3n) is 12.4. The molecule has 6 rings (SSSR count). The van der Waals surface area contributed by atoms with E-state index in [1.165, 1.54) is 56.4 Å². The maximum Gasteiger partial charge on any atom is 0.340 e. The van der Waals surface area contributed by atoms with Crippen molar-refractivity contribution in [2.24, 2.45) is 17.3 Å². The lowest BCUT2D eigenvalue weighted by atomic mass is 9.45. The number of nitrogens with zero attached hydrogens (tertiary/aromatic N) is 1. The minimum Gasteiger partial charge on any atom is -0.465 e. The fourth-order valence-electron chi connectivity index (χ4n) is 9.83. The molecule has 62 heavy (non-hydrogen) atoms. The molecule has 2 aliphatic carbocycles. The van der Waals surface area contributed by atoms with Gasteiger partial charge in [-0.3, -0.25) is 33.8 Å². The van der Waals surface area contributed by atoms with Gasteiger partial charge in [-0.05, 0) is 38.1 Å². The van der Waals surface area contributed by atoms with Gasteiger partial charge in [-0.25, -0.2) is 9.59 Å². The molecule has 1 spiro atoms. The number of hydrogen-bond acceptors (Lipinski definition) is 19. The minimum absolute atomic E-state index is 0.0487. The van der Waals surface area contributed by atoms with Gasteiger partial charge < -0.3 is 47.7 Å². The summed E-state index contributed by atoms with van der Waals surface area (Å²) in [6, 6.07) is 10.3. The van der Waals surface area contributed by atoms with Gasteiger partial charge in [-0.15, -0.1) is 0 Å². The van der Waals surface area contributed by atoms with Crippen LogP contribution in [0.4, 0.5) is 0 Å². The summed E-state index contributed by atoms with van der Waals surface area (Å²) < 4.78 is 55.5. The summed E-state index contributed by atoms with van der Waals surface area (Å²) in [6.45, 7) is 8.69. The molecule has 13 atom stereocenters. The van der Waals surface area contributed by atoms with Crippen LogP contribution in [0.15, 0.2) is 48.7 Å². The molecule has 334 valence electrons. The van der Waals surface area contributed by atoms with Crippen LogP contribution in [0, 0.1) is 17.3 Å². The molecule has 1 N–H and O–H groups in total. The second-order valence-corrected chi connectivity index (χ2v) is 16.5. The van der Waals surface area contributed by atoms with Crippen LogP contribution < -0.4 is 0 Å². The van der Waals surface area contributed by atoms with Crippen molar-refractivity contribution in [2.45, 2.75) is 122 Å². The van der Waals surface area contributed by atoms with Crippen LogP contribution in [0.25, 0.3) is 0 Å². The number of benzene rings is 1. The first-order valence-electron chi connectivity index (χ1n) is 19.9. The highest BCUT2D eigenvalue weighted by Gasteiger charge is 2.92.